The van der Waals surface area contributed by atoms with E-state index >= 15 is 0 Å². The summed E-state index contributed by atoms with van der Waals surface area (Å²) in [6.07, 6.45) is 1.11. The van der Waals surface area contributed by atoms with E-state index in [9.17, 15) is 0 Å². The largest absolute Gasteiger partial charge is 0.398 e. The normalized spacial score (nSPS) is 14.6. The molecule has 4 heteroatoms. The van der Waals surface area contributed by atoms with Gasteiger partial charge in [0.1, 0.15) is 0 Å². The summed E-state index contributed by atoms with van der Waals surface area (Å²) in [5.41, 5.74) is 12.1. The van der Waals surface area contributed by atoms with E-state index in [4.69, 9.17) is 5.73 Å². The van der Waals surface area contributed by atoms with Crippen molar-refractivity contribution in [2.24, 2.45) is 0 Å². The monoisotopic (exact) mass is 336 g/mol. The van der Waals surface area contributed by atoms with Crippen LogP contribution in [0.2, 0.25) is 0 Å². The zero-order valence-electron chi connectivity index (χ0n) is 11.2. The Morgan fingerprint density at radius 3 is 2.63 bits per heavy atom. The lowest BCUT2D eigenvalue weighted by molar-refractivity contribution is 0.742. The molecule has 2 aromatic rings. The molecule has 1 aliphatic heterocycles. The highest BCUT2D eigenvalue weighted by molar-refractivity contribution is 9.10. The molecule has 19 heavy (non-hydrogen) atoms. The molecule has 100 valence electrons. The number of rotatable bonds is 1. The molecule has 0 aliphatic carbocycles. The van der Waals surface area contributed by atoms with Gasteiger partial charge in [-0.2, -0.15) is 0 Å². The fraction of sp³-hybridized carbons (Fsp3) is 0.333. The quantitative estimate of drug-likeness (QED) is 0.788. The summed E-state index contributed by atoms with van der Waals surface area (Å²) >= 11 is 5.49. The summed E-state index contributed by atoms with van der Waals surface area (Å²) in [5, 5.41) is 2.20. The van der Waals surface area contributed by atoms with Gasteiger partial charge in [-0.05, 0) is 65.0 Å². The minimum atomic E-state index is 0.917. The van der Waals surface area contributed by atoms with Gasteiger partial charge in [-0.15, -0.1) is 11.3 Å². The number of thiophene rings is 1. The Labute approximate surface area is 126 Å². The number of halogens is 1. The van der Waals surface area contributed by atoms with Gasteiger partial charge in [0, 0.05) is 32.6 Å². The zero-order valence-corrected chi connectivity index (χ0v) is 13.6. The minimum absolute atomic E-state index is 0.917. The molecule has 0 radical (unpaired) electrons. The predicted molar refractivity (Wildman–Crippen MR) is 87.1 cm³/mol. The Morgan fingerprint density at radius 1 is 1.26 bits per heavy atom. The van der Waals surface area contributed by atoms with Gasteiger partial charge in [0.05, 0.1) is 6.54 Å². The third kappa shape index (κ3) is 2.28. The maximum absolute atomic E-state index is 6.04. The molecule has 1 aromatic heterocycles. The fourth-order valence-corrected chi connectivity index (χ4v) is 4.47. The maximum atomic E-state index is 6.04. The standard InChI is InChI=1S/C15H17BrN2S/c1-9-5-11(6-10(2)15(9)17)18-4-3-12-13(16)8-19-14(12)7-18/h5-6,8H,3-4,7,17H2,1-2H3. The summed E-state index contributed by atoms with van der Waals surface area (Å²) in [4.78, 5) is 3.93. The van der Waals surface area contributed by atoms with Crippen LogP contribution in [0.3, 0.4) is 0 Å². The van der Waals surface area contributed by atoms with E-state index in [1.165, 1.54) is 31.7 Å². The predicted octanol–water partition coefficient (Wildman–Crippen LogP) is 4.27. The zero-order chi connectivity index (χ0) is 13.6. The summed E-state index contributed by atoms with van der Waals surface area (Å²) in [5.74, 6) is 0. The summed E-state index contributed by atoms with van der Waals surface area (Å²) in [6, 6.07) is 4.41. The number of benzene rings is 1. The first-order valence-corrected chi connectivity index (χ1v) is 8.10. The molecule has 0 saturated carbocycles. The van der Waals surface area contributed by atoms with Crippen molar-refractivity contribution in [3.05, 3.63) is 43.6 Å². The Kier molecular flexibility index (Phi) is 3.31. The number of hydrogen-bond acceptors (Lipinski definition) is 3. The second-order valence-corrected chi connectivity index (χ2v) is 6.97. The molecule has 0 fully saturated rings. The lowest BCUT2D eigenvalue weighted by Crippen LogP contribution is -2.29. The van der Waals surface area contributed by atoms with Crippen molar-refractivity contribution in [1.29, 1.82) is 0 Å². The lowest BCUT2D eigenvalue weighted by atomic mass is 10.0. The van der Waals surface area contributed by atoms with Crippen molar-refractivity contribution < 1.29 is 0 Å². The van der Waals surface area contributed by atoms with Crippen LogP contribution in [-0.2, 0) is 13.0 Å². The highest BCUT2D eigenvalue weighted by atomic mass is 79.9. The third-order valence-electron chi connectivity index (χ3n) is 3.84. The van der Waals surface area contributed by atoms with E-state index in [0.29, 0.717) is 0 Å². The van der Waals surface area contributed by atoms with Gasteiger partial charge < -0.3 is 10.6 Å². The van der Waals surface area contributed by atoms with E-state index in [0.717, 1.165) is 25.2 Å². The van der Waals surface area contributed by atoms with Gasteiger partial charge in [0.2, 0.25) is 0 Å². The van der Waals surface area contributed by atoms with Crippen LogP contribution in [0.15, 0.2) is 22.0 Å². The Balaban J connectivity index is 1.93. The Morgan fingerprint density at radius 2 is 1.95 bits per heavy atom. The maximum Gasteiger partial charge on any atom is 0.0526 e. The number of nitrogens with zero attached hydrogens (tertiary/aromatic N) is 1. The average molecular weight is 337 g/mol. The van der Waals surface area contributed by atoms with Crippen LogP contribution in [0, 0.1) is 13.8 Å². The second kappa shape index (κ2) is 4.84. The Bertz CT molecular complexity index is 610. The molecule has 2 nitrogen and oxygen atoms in total. The minimum Gasteiger partial charge on any atom is -0.398 e. The molecular formula is C15H17BrN2S. The molecule has 2 N–H and O–H groups in total. The first-order valence-electron chi connectivity index (χ1n) is 6.42. The van der Waals surface area contributed by atoms with Crippen molar-refractivity contribution in [3.8, 4) is 0 Å². The number of nitrogens with two attached hydrogens (primary N) is 1. The van der Waals surface area contributed by atoms with Crippen molar-refractivity contribution in [1.82, 2.24) is 0 Å². The van der Waals surface area contributed by atoms with Crippen LogP contribution in [-0.4, -0.2) is 6.54 Å². The molecule has 0 bridgehead atoms. The topological polar surface area (TPSA) is 29.3 Å². The molecule has 0 unspecified atom stereocenters. The number of fused-ring (bicyclic) bond motifs is 1. The molecule has 0 saturated heterocycles. The number of hydrogen-bond donors (Lipinski definition) is 1. The molecule has 3 rings (SSSR count). The molecule has 0 atom stereocenters. The molecular weight excluding hydrogens is 320 g/mol. The van der Waals surface area contributed by atoms with Crippen LogP contribution >= 0.6 is 27.3 Å². The van der Waals surface area contributed by atoms with Crippen molar-refractivity contribution >= 4 is 38.6 Å². The molecule has 1 aliphatic rings. The number of aryl methyl sites for hydroxylation is 2. The highest BCUT2D eigenvalue weighted by Crippen LogP contribution is 2.35. The van der Waals surface area contributed by atoms with Crippen LogP contribution in [0.4, 0.5) is 11.4 Å². The third-order valence-corrected chi connectivity index (χ3v) is 5.86. The first kappa shape index (κ1) is 13.0. The molecule has 0 spiro atoms. The molecule has 0 amide bonds. The lowest BCUT2D eigenvalue weighted by Gasteiger charge is -2.30. The fourth-order valence-electron chi connectivity index (χ4n) is 2.64. The average Bonchev–Trinajstić information content (AvgIpc) is 2.76. The summed E-state index contributed by atoms with van der Waals surface area (Å²) < 4.78 is 1.27. The van der Waals surface area contributed by atoms with Gasteiger partial charge in [-0.3, -0.25) is 0 Å². The van der Waals surface area contributed by atoms with E-state index in [1.54, 1.807) is 0 Å². The van der Waals surface area contributed by atoms with E-state index in [2.05, 4.69) is 52.2 Å². The summed E-state index contributed by atoms with van der Waals surface area (Å²) in [7, 11) is 0. The van der Waals surface area contributed by atoms with Gasteiger partial charge in [0.25, 0.3) is 0 Å². The summed E-state index contributed by atoms with van der Waals surface area (Å²) in [6.45, 7) is 6.26. The van der Waals surface area contributed by atoms with Gasteiger partial charge in [-0.1, -0.05) is 0 Å². The van der Waals surface area contributed by atoms with E-state index in [-0.39, 0.29) is 0 Å². The second-order valence-electron chi connectivity index (χ2n) is 5.15. The molecule has 2 heterocycles. The van der Waals surface area contributed by atoms with Crippen LogP contribution in [0.1, 0.15) is 21.6 Å². The van der Waals surface area contributed by atoms with Gasteiger partial charge in [0.15, 0.2) is 0 Å². The number of anilines is 2. The SMILES string of the molecule is Cc1cc(N2CCc3c(Br)csc3C2)cc(C)c1N. The van der Waals surface area contributed by atoms with Crippen molar-refractivity contribution in [3.63, 3.8) is 0 Å². The van der Waals surface area contributed by atoms with Crippen LogP contribution in [0.25, 0.3) is 0 Å². The smallest absolute Gasteiger partial charge is 0.0526 e. The highest BCUT2D eigenvalue weighted by Gasteiger charge is 2.20. The van der Waals surface area contributed by atoms with Crippen LogP contribution < -0.4 is 10.6 Å². The van der Waals surface area contributed by atoms with Gasteiger partial charge in [-0.25, -0.2) is 0 Å². The molecule has 1 aromatic carbocycles. The van der Waals surface area contributed by atoms with Crippen LogP contribution in [0.5, 0.6) is 0 Å². The van der Waals surface area contributed by atoms with Crippen molar-refractivity contribution in [2.75, 3.05) is 17.2 Å². The van der Waals surface area contributed by atoms with E-state index < -0.39 is 0 Å². The van der Waals surface area contributed by atoms with E-state index in [1.807, 2.05) is 11.3 Å². The number of nitrogen functional groups attached to an aromatic ring is 1. The Hall–Kier alpha value is -1.00. The first-order chi connectivity index (χ1) is 9.06. The van der Waals surface area contributed by atoms with Crippen molar-refractivity contribution in [2.45, 2.75) is 26.8 Å². The van der Waals surface area contributed by atoms with Gasteiger partial charge >= 0.3 is 0 Å².